The van der Waals surface area contributed by atoms with Gasteiger partial charge in [0, 0.05) is 32.5 Å². The van der Waals surface area contributed by atoms with Crippen molar-refractivity contribution < 1.29 is 0 Å². The Balaban J connectivity index is 1.50. The Morgan fingerprint density at radius 1 is 0.571 bits per heavy atom. The van der Waals surface area contributed by atoms with Gasteiger partial charge in [0.2, 0.25) is 0 Å². The van der Waals surface area contributed by atoms with E-state index < -0.39 is 16.1 Å². The van der Waals surface area contributed by atoms with Crippen molar-refractivity contribution in [1.82, 2.24) is 14.0 Å². The maximum absolute atomic E-state index is 14.9. The molecule has 3 aromatic heterocycles. The van der Waals surface area contributed by atoms with Crippen molar-refractivity contribution in [3.05, 3.63) is 135 Å². The predicted molar refractivity (Wildman–Crippen MR) is 245 cm³/mol. The van der Waals surface area contributed by atoms with Gasteiger partial charge in [-0.15, -0.1) is 0 Å². The minimum atomic E-state index is -1.97. The van der Waals surface area contributed by atoms with Crippen LogP contribution in [-0.4, -0.2) is 30.1 Å². The third-order valence-corrected chi connectivity index (χ3v) is 15.9. The van der Waals surface area contributed by atoms with E-state index in [1.54, 1.807) is 0 Å². The van der Waals surface area contributed by atoms with E-state index in [1.165, 1.54) is 16.8 Å². The molecule has 3 heterocycles. The van der Waals surface area contributed by atoms with Crippen LogP contribution < -0.4 is 21.2 Å². The van der Waals surface area contributed by atoms with Gasteiger partial charge in [0.1, 0.15) is 5.82 Å². The van der Waals surface area contributed by atoms with E-state index in [4.69, 9.17) is 4.98 Å². The van der Waals surface area contributed by atoms with Gasteiger partial charge < -0.3 is 4.40 Å². The summed E-state index contributed by atoms with van der Waals surface area (Å²) in [6, 6.07) is 36.3. The molecule has 0 aliphatic rings. The highest BCUT2D eigenvalue weighted by atomic mass is 28.3. The largest absolute Gasteiger partial charge is 0.307 e. The Hall–Kier alpha value is -5.38. The summed E-state index contributed by atoms with van der Waals surface area (Å²) in [6.07, 6.45) is 0. The van der Waals surface area contributed by atoms with Crippen LogP contribution in [0.15, 0.2) is 113 Å². The first-order valence-corrected chi connectivity index (χ1v) is 27.0. The summed E-state index contributed by atoms with van der Waals surface area (Å²) in [6.45, 7) is 22.8. The van der Waals surface area contributed by atoms with Crippen LogP contribution in [0.1, 0.15) is 50.7 Å². The van der Waals surface area contributed by atoms with Crippen molar-refractivity contribution in [1.29, 1.82) is 0 Å². The number of nitrogens with zero attached hydrogens (tertiary/aromatic N) is 3. The van der Waals surface area contributed by atoms with E-state index in [0.29, 0.717) is 21.7 Å². The fourth-order valence-corrected chi connectivity index (χ4v) is 11.7. The Kier molecular flexibility index (Phi) is 8.14. The fraction of sp³-hybridized carbons (Fsp3) is 0.245. The van der Waals surface area contributed by atoms with Crippen LogP contribution in [0.3, 0.4) is 0 Å². The summed E-state index contributed by atoms with van der Waals surface area (Å²) >= 11 is 0. The van der Waals surface area contributed by atoms with Crippen LogP contribution in [0.4, 0.5) is 0 Å². The number of rotatable bonds is 6. The number of benzene rings is 6. The van der Waals surface area contributed by atoms with Crippen molar-refractivity contribution in [3.63, 3.8) is 0 Å². The molecule has 0 radical (unpaired) electrons. The zero-order valence-electron chi connectivity index (χ0n) is 34.1. The lowest BCUT2D eigenvalue weighted by Gasteiger charge is -2.24. The third kappa shape index (κ3) is 5.35. The minimum Gasteiger partial charge on any atom is -0.307 e. The molecule has 0 saturated heterocycles. The SMILES string of the molecule is CC(C)c1cccc(C(C)C)c1-n1c(-c2ccc3c(=O)c4cc([Si](C)(C)C)cc5c(=O)c6c([Si](C)(C)C)cccc6n(c3c2)c45)nc2ccc3ccccc3c21. The molecule has 6 aromatic carbocycles. The molecule has 0 unspecified atom stereocenters. The number of pyridine rings is 2. The summed E-state index contributed by atoms with van der Waals surface area (Å²) in [7, 11) is -3.88. The highest BCUT2D eigenvalue weighted by molar-refractivity contribution is 6.90. The topological polar surface area (TPSA) is 56.4 Å². The number of hydrogen-bond acceptors (Lipinski definition) is 3. The third-order valence-electron chi connectivity index (χ3n) is 11.9. The minimum absolute atomic E-state index is 0.0261. The Labute approximate surface area is 329 Å². The monoisotopic (exact) mass is 767 g/mol. The second kappa shape index (κ2) is 12.6. The van der Waals surface area contributed by atoms with Gasteiger partial charge in [-0.2, -0.15) is 0 Å². The molecule has 280 valence electrons. The van der Waals surface area contributed by atoms with Crippen LogP contribution in [-0.2, 0) is 0 Å². The highest BCUT2D eigenvalue weighted by Crippen LogP contribution is 2.40. The number of aromatic nitrogens is 3. The van der Waals surface area contributed by atoms with Crippen LogP contribution in [0.5, 0.6) is 0 Å². The second-order valence-electron chi connectivity index (χ2n) is 18.4. The van der Waals surface area contributed by atoms with E-state index in [-0.39, 0.29) is 22.7 Å². The van der Waals surface area contributed by atoms with E-state index in [2.05, 4.69) is 173 Å². The van der Waals surface area contributed by atoms with Crippen molar-refractivity contribution in [3.8, 4) is 17.1 Å². The normalized spacial score (nSPS) is 12.9. The average Bonchev–Trinajstić information content (AvgIpc) is 3.56. The molecule has 0 spiro atoms. The number of imidazole rings is 1. The molecule has 56 heavy (non-hydrogen) atoms. The molecular weight excluding hydrogens is 719 g/mol. The maximum Gasteiger partial charge on any atom is 0.197 e. The van der Waals surface area contributed by atoms with Gasteiger partial charge in [0.15, 0.2) is 10.9 Å². The van der Waals surface area contributed by atoms with E-state index in [9.17, 15) is 9.59 Å². The molecule has 0 atom stereocenters. The zero-order chi connectivity index (χ0) is 39.6. The van der Waals surface area contributed by atoms with Crippen LogP contribution in [0.25, 0.3) is 77.0 Å². The van der Waals surface area contributed by atoms with E-state index >= 15 is 0 Å². The molecule has 7 heteroatoms. The lowest BCUT2D eigenvalue weighted by atomic mass is 9.92. The first kappa shape index (κ1) is 36.3. The summed E-state index contributed by atoms with van der Waals surface area (Å²) in [4.78, 5) is 35.1. The standard InChI is InChI=1S/C49H49N3O2Si2/c1-28(2)33-17-13-18-34(29(3)4)44(33)52-46-35-16-12-11-15-30(35)22-24-39(46)50-49(52)31-21-23-36-41(25-31)51-40-19-14-20-42(56(8,9)10)43(40)48(54)38-27-32(55(5,6)7)26-37(45(38)51)47(36)53/h11-29H,1-10H3. The van der Waals surface area contributed by atoms with E-state index in [1.807, 2.05) is 6.07 Å². The highest BCUT2D eigenvalue weighted by Gasteiger charge is 2.28. The molecule has 9 rings (SSSR count). The lowest BCUT2D eigenvalue weighted by molar-refractivity contribution is 0.811. The summed E-state index contributed by atoms with van der Waals surface area (Å²) in [5, 5.41) is 7.22. The smallest absolute Gasteiger partial charge is 0.197 e. The number of fused-ring (bicyclic) bond motifs is 7. The zero-order valence-corrected chi connectivity index (χ0v) is 36.1. The fourth-order valence-electron chi connectivity index (χ4n) is 8.96. The molecule has 0 N–H and O–H groups in total. The summed E-state index contributed by atoms with van der Waals surface area (Å²) in [5.41, 5.74) is 8.92. The van der Waals surface area contributed by atoms with Gasteiger partial charge >= 0.3 is 0 Å². The van der Waals surface area contributed by atoms with E-state index in [0.717, 1.165) is 60.0 Å². The predicted octanol–water partition coefficient (Wildman–Crippen LogP) is 11.1. The Morgan fingerprint density at radius 3 is 1.89 bits per heavy atom. The van der Waals surface area contributed by atoms with Crippen LogP contribution in [0.2, 0.25) is 39.3 Å². The molecule has 0 amide bonds. The quantitative estimate of drug-likeness (QED) is 0.0962. The van der Waals surface area contributed by atoms with Crippen molar-refractivity contribution in [2.75, 3.05) is 0 Å². The van der Waals surface area contributed by atoms with Gasteiger partial charge in [-0.1, -0.05) is 139 Å². The molecule has 0 fully saturated rings. The van der Waals surface area contributed by atoms with Gasteiger partial charge in [0.05, 0.1) is 49.4 Å². The first-order valence-electron chi connectivity index (χ1n) is 20.0. The van der Waals surface area contributed by atoms with Crippen LogP contribution >= 0.6 is 0 Å². The molecule has 9 aromatic rings. The molecule has 5 nitrogen and oxygen atoms in total. The summed E-state index contributed by atoms with van der Waals surface area (Å²) in [5.74, 6) is 1.36. The van der Waals surface area contributed by atoms with Crippen molar-refractivity contribution in [2.45, 2.75) is 78.8 Å². The Morgan fingerprint density at radius 2 is 1.23 bits per heavy atom. The summed E-state index contributed by atoms with van der Waals surface area (Å²) < 4.78 is 4.62. The second-order valence-corrected chi connectivity index (χ2v) is 28.5. The molecule has 0 bridgehead atoms. The Bertz CT molecular complexity index is 3190. The lowest BCUT2D eigenvalue weighted by Crippen LogP contribution is -2.41. The number of para-hydroxylation sites is 1. The van der Waals surface area contributed by atoms with Gasteiger partial charge in [-0.05, 0) is 69.9 Å². The van der Waals surface area contributed by atoms with Gasteiger partial charge in [-0.3, -0.25) is 14.2 Å². The van der Waals surface area contributed by atoms with Crippen LogP contribution in [0, 0.1) is 0 Å². The maximum atomic E-state index is 14.9. The van der Waals surface area contributed by atoms with Crippen molar-refractivity contribution >= 4 is 86.4 Å². The molecule has 0 aliphatic heterocycles. The van der Waals surface area contributed by atoms with Gasteiger partial charge in [-0.25, -0.2) is 4.98 Å². The number of hydrogen-bond donors (Lipinski definition) is 0. The average molecular weight is 768 g/mol. The van der Waals surface area contributed by atoms with Crippen molar-refractivity contribution in [2.24, 2.45) is 0 Å². The molecular formula is C49H49N3O2Si2. The molecule has 0 aliphatic carbocycles. The first-order chi connectivity index (χ1) is 26.6. The van der Waals surface area contributed by atoms with Gasteiger partial charge in [0.25, 0.3) is 0 Å². The molecule has 0 saturated carbocycles.